The van der Waals surface area contributed by atoms with Crippen molar-refractivity contribution in [3.63, 3.8) is 0 Å². The second-order valence-corrected chi connectivity index (χ2v) is 5.28. The van der Waals surface area contributed by atoms with E-state index in [0.717, 1.165) is 11.1 Å². The predicted molar refractivity (Wildman–Crippen MR) is 95.8 cm³/mol. The first kappa shape index (κ1) is 15.7. The third-order valence-electron chi connectivity index (χ3n) is 3.54. The number of anilines is 2. The minimum absolute atomic E-state index is 0.103. The Labute approximate surface area is 140 Å². The van der Waals surface area contributed by atoms with Gasteiger partial charge < -0.3 is 10.6 Å². The summed E-state index contributed by atoms with van der Waals surface area (Å²) in [5.41, 5.74) is 2.46. The number of nitrogens with one attached hydrogen (secondary N) is 2. The third-order valence-corrected chi connectivity index (χ3v) is 3.54. The maximum atomic E-state index is 12.2. The van der Waals surface area contributed by atoms with Gasteiger partial charge in [0, 0.05) is 12.6 Å². The minimum Gasteiger partial charge on any atom is -0.371 e. The lowest BCUT2D eigenvalue weighted by Crippen LogP contribution is -2.16. The van der Waals surface area contributed by atoms with Crippen LogP contribution < -0.4 is 10.6 Å². The lowest BCUT2D eigenvalue weighted by Gasteiger charge is -2.11. The fourth-order valence-corrected chi connectivity index (χ4v) is 2.37. The Morgan fingerprint density at radius 3 is 2.33 bits per heavy atom. The Balaban J connectivity index is 1.77. The second-order valence-electron chi connectivity index (χ2n) is 5.28. The SMILES string of the molecule is CNc1nc(-c2ccccc2)ncc1NC(=O)Cc1ccccc1. The summed E-state index contributed by atoms with van der Waals surface area (Å²) < 4.78 is 0. The average molecular weight is 318 g/mol. The smallest absolute Gasteiger partial charge is 0.228 e. The fourth-order valence-electron chi connectivity index (χ4n) is 2.37. The standard InChI is InChI=1S/C19H18N4O/c1-20-19-16(22-17(24)12-14-8-4-2-5-9-14)13-21-18(23-19)15-10-6-3-7-11-15/h2-11,13H,12H2,1H3,(H,22,24)(H,20,21,23). The number of hydrogen-bond acceptors (Lipinski definition) is 4. The molecule has 0 unspecified atom stereocenters. The maximum absolute atomic E-state index is 12.2. The summed E-state index contributed by atoms with van der Waals surface area (Å²) in [6.45, 7) is 0. The van der Waals surface area contributed by atoms with Crippen LogP contribution in [0, 0.1) is 0 Å². The van der Waals surface area contributed by atoms with Crippen LogP contribution in [0.3, 0.4) is 0 Å². The van der Waals surface area contributed by atoms with Gasteiger partial charge in [-0.05, 0) is 5.56 Å². The topological polar surface area (TPSA) is 66.9 Å². The molecule has 24 heavy (non-hydrogen) atoms. The Bertz CT molecular complexity index is 819. The van der Waals surface area contributed by atoms with Gasteiger partial charge in [0.2, 0.25) is 5.91 Å². The van der Waals surface area contributed by atoms with E-state index in [9.17, 15) is 4.79 Å². The van der Waals surface area contributed by atoms with Crippen molar-refractivity contribution in [2.45, 2.75) is 6.42 Å². The third kappa shape index (κ3) is 3.76. The molecule has 0 bridgehead atoms. The van der Waals surface area contributed by atoms with Gasteiger partial charge >= 0.3 is 0 Å². The lowest BCUT2D eigenvalue weighted by molar-refractivity contribution is -0.115. The highest BCUT2D eigenvalue weighted by molar-refractivity contribution is 5.94. The number of rotatable bonds is 5. The van der Waals surface area contributed by atoms with Gasteiger partial charge in [0.15, 0.2) is 11.6 Å². The van der Waals surface area contributed by atoms with Crippen molar-refractivity contribution >= 4 is 17.4 Å². The zero-order chi connectivity index (χ0) is 16.8. The van der Waals surface area contributed by atoms with Crippen LogP contribution in [-0.4, -0.2) is 22.9 Å². The molecule has 0 spiro atoms. The van der Waals surface area contributed by atoms with E-state index in [0.29, 0.717) is 23.8 Å². The first-order valence-corrected chi connectivity index (χ1v) is 7.70. The Hall–Kier alpha value is -3.21. The zero-order valence-corrected chi connectivity index (χ0v) is 13.4. The van der Waals surface area contributed by atoms with Crippen molar-refractivity contribution in [3.8, 4) is 11.4 Å². The monoisotopic (exact) mass is 318 g/mol. The van der Waals surface area contributed by atoms with Gasteiger partial charge in [0.05, 0.1) is 12.6 Å². The van der Waals surface area contributed by atoms with Crippen LogP contribution in [-0.2, 0) is 11.2 Å². The molecule has 0 saturated heterocycles. The van der Waals surface area contributed by atoms with Gasteiger partial charge in [0.25, 0.3) is 0 Å². The summed E-state index contributed by atoms with van der Waals surface area (Å²) in [6, 6.07) is 19.3. The second kappa shape index (κ2) is 7.37. The van der Waals surface area contributed by atoms with Crippen molar-refractivity contribution in [2.24, 2.45) is 0 Å². The Morgan fingerprint density at radius 1 is 1.00 bits per heavy atom. The van der Waals surface area contributed by atoms with Crippen LogP contribution in [0.1, 0.15) is 5.56 Å². The largest absolute Gasteiger partial charge is 0.371 e. The van der Waals surface area contributed by atoms with E-state index in [1.54, 1.807) is 13.2 Å². The highest BCUT2D eigenvalue weighted by atomic mass is 16.1. The summed E-state index contributed by atoms with van der Waals surface area (Å²) in [4.78, 5) is 21.0. The first-order valence-electron chi connectivity index (χ1n) is 7.70. The van der Waals surface area contributed by atoms with E-state index in [4.69, 9.17) is 0 Å². The fraction of sp³-hybridized carbons (Fsp3) is 0.105. The zero-order valence-electron chi connectivity index (χ0n) is 13.4. The Morgan fingerprint density at radius 2 is 1.67 bits per heavy atom. The average Bonchev–Trinajstić information content (AvgIpc) is 2.63. The van der Waals surface area contributed by atoms with E-state index in [1.807, 2.05) is 60.7 Å². The molecule has 5 nitrogen and oxygen atoms in total. The van der Waals surface area contributed by atoms with Gasteiger partial charge in [-0.25, -0.2) is 9.97 Å². The molecule has 0 aliphatic carbocycles. The van der Waals surface area contributed by atoms with Crippen LogP contribution >= 0.6 is 0 Å². The van der Waals surface area contributed by atoms with Crippen molar-refractivity contribution in [3.05, 3.63) is 72.4 Å². The molecule has 2 aromatic carbocycles. The number of nitrogens with zero attached hydrogens (tertiary/aromatic N) is 2. The summed E-state index contributed by atoms with van der Waals surface area (Å²) >= 11 is 0. The quantitative estimate of drug-likeness (QED) is 0.757. The summed E-state index contributed by atoms with van der Waals surface area (Å²) in [5, 5.41) is 5.87. The summed E-state index contributed by atoms with van der Waals surface area (Å²) in [5.74, 6) is 1.10. The lowest BCUT2D eigenvalue weighted by atomic mass is 10.1. The van der Waals surface area contributed by atoms with Gasteiger partial charge in [-0.2, -0.15) is 0 Å². The highest BCUT2D eigenvalue weighted by Gasteiger charge is 2.11. The summed E-state index contributed by atoms with van der Waals surface area (Å²) in [6.07, 6.45) is 1.94. The van der Waals surface area contributed by atoms with Crippen molar-refractivity contribution in [1.29, 1.82) is 0 Å². The number of carbonyl (C=O) groups excluding carboxylic acids is 1. The number of aromatic nitrogens is 2. The first-order chi connectivity index (χ1) is 11.8. The van der Waals surface area contributed by atoms with E-state index in [-0.39, 0.29) is 5.91 Å². The molecule has 0 aliphatic rings. The Kier molecular flexibility index (Phi) is 4.81. The molecule has 1 aromatic heterocycles. The molecular weight excluding hydrogens is 300 g/mol. The minimum atomic E-state index is -0.103. The molecule has 2 N–H and O–H groups in total. The van der Waals surface area contributed by atoms with Gasteiger partial charge in [-0.15, -0.1) is 0 Å². The molecule has 0 saturated carbocycles. The van der Waals surface area contributed by atoms with E-state index in [1.165, 1.54) is 0 Å². The maximum Gasteiger partial charge on any atom is 0.228 e. The van der Waals surface area contributed by atoms with E-state index >= 15 is 0 Å². The van der Waals surface area contributed by atoms with Crippen LogP contribution in [0.5, 0.6) is 0 Å². The van der Waals surface area contributed by atoms with E-state index < -0.39 is 0 Å². The molecule has 0 radical (unpaired) electrons. The number of amides is 1. The molecule has 0 aliphatic heterocycles. The van der Waals surface area contributed by atoms with Crippen molar-refractivity contribution in [1.82, 2.24) is 9.97 Å². The molecule has 1 amide bonds. The van der Waals surface area contributed by atoms with Crippen molar-refractivity contribution < 1.29 is 4.79 Å². The number of benzene rings is 2. The van der Waals surface area contributed by atoms with Crippen LogP contribution in [0.4, 0.5) is 11.5 Å². The van der Waals surface area contributed by atoms with Crippen LogP contribution in [0.15, 0.2) is 66.9 Å². The van der Waals surface area contributed by atoms with Crippen molar-refractivity contribution in [2.75, 3.05) is 17.7 Å². The van der Waals surface area contributed by atoms with E-state index in [2.05, 4.69) is 20.6 Å². The predicted octanol–water partition coefficient (Wildman–Crippen LogP) is 3.37. The molecule has 120 valence electrons. The molecule has 5 heteroatoms. The summed E-state index contributed by atoms with van der Waals surface area (Å²) in [7, 11) is 1.77. The highest BCUT2D eigenvalue weighted by Crippen LogP contribution is 2.22. The van der Waals surface area contributed by atoms with Gasteiger partial charge in [0.1, 0.15) is 5.69 Å². The van der Waals surface area contributed by atoms with Gasteiger partial charge in [-0.1, -0.05) is 60.7 Å². The normalized spacial score (nSPS) is 10.2. The molecular formula is C19H18N4O. The molecule has 3 aromatic rings. The molecule has 0 atom stereocenters. The van der Waals surface area contributed by atoms with Gasteiger partial charge in [-0.3, -0.25) is 4.79 Å². The molecule has 1 heterocycles. The van der Waals surface area contributed by atoms with Crippen LogP contribution in [0.2, 0.25) is 0 Å². The molecule has 0 fully saturated rings. The number of hydrogen-bond donors (Lipinski definition) is 2. The number of carbonyl (C=O) groups is 1. The van der Waals surface area contributed by atoms with Crippen LogP contribution in [0.25, 0.3) is 11.4 Å². The molecule has 3 rings (SSSR count).